The van der Waals surface area contributed by atoms with Gasteiger partial charge >= 0.3 is 5.97 Å². The number of amides is 4. The lowest BCUT2D eigenvalue weighted by Gasteiger charge is -2.26. The number of aliphatic hydroxyl groups excluding tert-OH is 1. The van der Waals surface area contributed by atoms with Gasteiger partial charge in [-0.05, 0) is 18.3 Å². The van der Waals surface area contributed by atoms with Gasteiger partial charge < -0.3 is 37.6 Å². The maximum atomic E-state index is 12.7. The molecule has 4 amide bonds. The number of carboxylic acid groups (broad SMARTS) is 1. The molecule has 5 unspecified atom stereocenters. The highest BCUT2D eigenvalue weighted by Crippen LogP contribution is 2.09. The van der Waals surface area contributed by atoms with Crippen molar-refractivity contribution in [3.05, 3.63) is 0 Å². The van der Waals surface area contributed by atoms with E-state index < -0.39 is 66.8 Å². The molecule has 12 nitrogen and oxygen atoms in total. The van der Waals surface area contributed by atoms with Crippen molar-refractivity contribution in [3.63, 3.8) is 0 Å². The zero-order valence-corrected chi connectivity index (χ0v) is 18.4. The predicted octanol–water partition coefficient (Wildman–Crippen LogP) is -2.19. The van der Waals surface area contributed by atoms with Crippen LogP contribution in [0.5, 0.6) is 0 Å². The maximum Gasteiger partial charge on any atom is 0.326 e. The summed E-state index contributed by atoms with van der Waals surface area (Å²) in [6.07, 6.45) is 0.245. The third-order valence-corrected chi connectivity index (χ3v) is 4.74. The van der Waals surface area contributed by atoms with E-state index in [1.54, 1.807) is 6.92 Å². The number of aliphatic carboxylic acids is 1. The van der Waals surface area contributed by atoms with Crippen LogP contribution < -0.4 is 27.4 Å². The van der Waals surface area contributed by atoms with Gasteiger partial charge in [-0.1, -0.05) is 34.1 Å². The molecule has 0 aliphatic rings. The van der Waals surface area contributed by atoms with E-state index in [9.17, 15) is 29.1 Å². The van der Waals surface area contributed by atoms with Crippen molar-refractivity contribution in [2.75, 3.05) is 6.61 Å². The highest BCUT2D eigenvalue weighted by Gasteiger charge is 2.31. The lowest BCUT2D eigenvalue weighted by atomic mass is 9.97. The van der Waals surface area contributed by atoms with Gasteiger partial charge in [0, 0.05) is 0 Å². The first-order chi connectivity index (χ1) is 14.3. The van der Waals surface area contributed by atoms with Gasteiger partial charge in [-0.15, -0.1) is 0 Å². The van der Waals surface area contributed by atoms with Crippen molar-refractivity contribution in [1.82, 2.24) is 16.0 Å². The first-order valence-corrected chi connectivity index (χ1v) is 10.1. The lowest BCUT2D eigenvalue weighted by Crippen LogP contribution is -2.58. The van der Waals surface area contributed by atoms with Crippen LogP contribution in [0.4, 0.5) is 0 Å². The van der Waals surface area contributed by atoms with Crippen molar-refractivity contribution < 1.29 is 34.2 Å². The zero-order chi connectivity index (χ0) is 24.3. The van der Waals surface area contributed by atoms with Crippen LogP contribution in [-0.2, 0) is 24.0 Å². The SMILES string of the molecule is CCC(C)C(N)C(=O)NC(CC(C)C)C(=O)NC(CO)C(=O)NC(CC(N)=O)C(=O)O. The van der Waals surface area contributed by atoms with Crippen molar-refractivity contribution in [3.8, 4) is 0 Å². The third kappa shape index (κ3) is 10.2. The number of carbonyl (C=O) groups is 5. The summed E-state index contributed by atoms with van der Waals surface area (Å²) in [6, 6.07) is -4.97. The van der Waals surface area contributed by atoms with Crippen LogP contribution in [0.3, 0.4) is 0 Å². The smallest absolute Gasteiger partial charge is 0.326 e. The largest absolute Gasteiger partial charge is 0.480 e. The average Bonchev–Trinajstić information content (AvgIpc) is 2.68. The molecule has 0 fully saturated rings. The summed E-state index contributed by atoms with van der Waals surface area (Å²) < 4.78 is 0. The fourth-order valence-corrected chi connectivity index (χ4v) is 2.62. The average molecular weight is 446 g/mol. The molecule has 0 heterocycles. The standard InChI is InChI=1S/C19H35N5O7/c1-5-10(4)15(21)18(29)22-11(6-9(2)3)16(27)24-13(8-25)17(28)23-12(19(30)31)7-14(20)26/h9-13,15,25H,5-8,21H2,1-4H3,(H2,20,26)(H,22,29)(H,23,28)(H,24,27)(H,30,31). The Morgan fingerprint density at radius 2 is 1.35 bits per heavy atom. The number of primary amides is 1. The Bertz CT molecular complexity index is 656. The molecular weight excluding hydrogens is 410 g/mol. The third-order valence-electron chi connectivity index (χ3n) is 4.74. The second kappa shape index (κ2) is 13.5. The summed E-state index contributed by atoms with van der Waals surface area (Å²) in [4.78, 5) is 59.5. The molecular formula is C19H35N5O7. The van der Waals surface area contributed by atoms with E-state index in [2.05, 4.69) is 10.6 Å². The van der Waals surface area contributed by atoms with Crippen molar-refractivity contribution >= 4 is 29.6 Å². The molecule has 12 heteroatoms. The van der Waals surface area contributed by atoms with Crippen LogP contribution in [0.15, 0.2) is 0 Å². The summed E-state index contributed by atoms with van der Waals surface area (Å²) in [7, 11) is 0. The fraction of sp³-hybridized carbons (Fsp3) is 0.737. The minimum absolute atomic E-state index is 0.00392. The van der Waals surface area contributed by atoms with Gasteiger partial charge in [-0.3, -0.25) is 19.2 Å². The van der Waals surface area contributed by atoms with Crippen LogP contribution in [0, 0.1) is 11.8 Å². The summed E-state index contributed by atoms with van der Waals surface area (Å²) >= 11 is 0. The summed E-state index contributed by atoms with van der Waals surface area (Å²) in [5.74, 6) is -4.84. The first-order valence-electron chi connectivity index (χ1n) is 10.1. The van der Waals surface area contributed by atoms with Gasteiger partial charge in [0.15, 0.2) is 0 Å². The molecule has 0 radical (unpaired) electrons. The fourth-order valence-electron chi connectivity index (χ4n) is 2.62. The van der Waals surface area contributed by atoms with E-state index in [0.29, 0.717) is 6.42 Å². The number of nitrogens with one attached hydrogen (secondary N) is 3. The topological polar surface area (TPSA) is 214 Å². The van der Waals surface area contributed by atoms with E-state index in [0.717, 1.165) is 0 Å². The number of rotatable bonds is 14. The first kappa shape index (κ1) is 28.3. The number of nitrogens with two attached hydrogens (primary N) is 2. The van der Waals surface area contributed by atoms with Gasteiger partial charge in [0.1, 0.15) is 18.1 Å². The number of carbonyl (C=O) groups excluding carboxylic acids is 4. The van der Waals surface area contributed by atoms with E-state index in [-0.39, 0.29) is 18.3 Å². The maximum absolute atomic E-state index is 12.7. The van der Waals surface area contributed by atoms with Crippen LogP contribution in [0.2, 0.25) is 0 Å². The highest BCUT2D eigenvalue weighted by atomic mass is 16.4. The molecule has 178 valence electrons. The zero-order valence-electron chi connectivity index (χ0n) is 18.4. The molecule has 0 saturated carbocycles. The molecule has 0 rings (SSSR count). The minimum atomic E-state index is -1.62. The van der Waals surface area contributed by atoms with Gasteiger partial charge in [0.2, 0.25) is 23.6 Å². The van der Waals surface area contributed by atoms with Crippen LogP contribution in [-0.4, -0.2) is 70.6 Å². The van der Waals surface area contributed by atoms with Crippen LogP contribution >= 0.6 is 0 Å². The summed E-state index contributed by atoms with van der Waals surface area (Å²) in [6.45, 7) is 6.51. The molecule has 0 aliphatic heterocycles. The Morgan fingerprint density at radius 1 is 0.871 bits per heavy atom. The normalized spacial score (nSPS) is 15.8. The Balaban J connectivity index is 5.29. The van der Waals surface area contributed by atoms with E-state index in [4.69, 9.17) is 16.6 Å². The lowest BCUT2D eigenvalue weighted by molar-refractivity contribution is -0.144. The Hall–Kier alpha value is -2.73. The molecule has 9 N–H and O–H groups in total. The van der Waals surface area contributed by atoms with E-state index in [1.165, 1.54) is 0 Å². The number of hydrogen-bond donors (Lipinski definition) is 7. The molecule has 0 aliphatic carbocycles. The predicted molar refractivity (Wildman–Crippen MR) is 111 cm³/mol. The van der Waals surface area contributed by atoms with E-state index in [1.807, 2.05) is 26.1 Å². The Kier molecular flexibility index (Phi) is 12.4. The molecule has 0 aromatic rings. The Morgan fingerprint density at radius 3 is 1.77 bits per heavy atom. The number of hydrogen-bond acceptors (Lipinski definition) is 7. The molecule has 0 aromatic carbocycles. The monoisotopic (exact) mass is 445 g/mol. The number of carboxylic acids is 1. The molecule has 0 spiro atoms. The van der Waals surface area contributed by atoms with Gasteiger partial charge in [0.25, 0.3) is 0 Å². The summed E-state index contributed by atoms with van der Waals surface area (Å²) in [5, 5.41) is 25.5. The number of aliphatic hydroxyl groups is 1. The Labute approximate surface area is 181 Å². The minimum Gasteiger partial charge on any atom is -0.480 e. The van der Waals surface area contributed by atoms with Crippen LogP contribution in [0.1, 0.15) is 47.0 Å². The van der Waals surface area contributed by atoms with Crippen LogP contribution in [0.25, 0.3) is 0 Å². The van der Waals surface area contributed by atoms with Gasteiger partial charge in [-0.2, -0.15) is 0 Å². The van der Waals surface area contributed by atoms with Crippen molar-refractivity contribution in [2.45, 2.75) is 71.1 Å². The highest BCUT2D eigenvalue weighted by molar-refractivity contribution is 5.95. The second-order valence-corrected chi connectivity index (χ2v) is 7.92. The molecule has 5 atom stereocenters. The molecule has 0 saturated heterocycles. The second-order valence-electron chi connectivity index (χ2n) is 7.92. The van der Waals surface area contributed by atoms with E-state index >= 15 is 0 Å². The molecule has 31 heavy (non-hydrogen) atoms. The quantitative estimate of drug-likeness (QED) is 0.155. The van der Waals surface area contributed by atoms with Gasteiger partial charge in [-0.25, -0.2) is 4.79 Å². The van der Waals surface area contributed by atoms with Gasteiger partial charge in [0.05, 0.1) is 19.1 Å². The molecule has 0 aromatic heterocycles. The van der Waals surface area contributed by atoms with Crippen molar-refractivity contribution in [2.24, 2.45) is 23.3 Å². The van der Waals surface area contributed by atoms with Crippen molar-refractivity contribution in [1.29, 1.82) is 0 Å². The summed E-state index contributed by atoms with van der Waals surface area (Å²) in [5.41, 5.74) is 10.9. The molecule has 0 bridgehead atoms.